The molecule has 0 radical (unpaired) electrons. The largest absolute Gasteiger partial charge is 0.466 e. The van der Waals surface area contributed by atoms with Crippen LogP contribution in [0, 0.1) is 13.8 Å². The Balaban J connectivity index is 2.83. The summed E-state index contributed by atoms with van der Waals surface area (Å²) in [7, 11) is -3.01. The van der Waals surface area contributed by atoms with Crippen LogP contribution in [-0.2, 0) is 19.8 Å². The van der Waals surface area contributed by atoms with E-state index in [0.717, 1.165) is 17.1 Å². The molecule has 92 valence electrons. The Bertz CT molecular complexity index is 373. The van der Waals surface area contributed by atoms with Gasteiger partial charge in [-0.1, -0.05) is 0 Å². The lowest BCUT2D eigenvalue weighted by Gasteiger charge is -2.16. The second-order valence-electron chi connectivity index (χ2n) is 3.54. The molecule has 0 saturated heterocycles. The van der Waals surface area contributed by atoms with Gasteiger partial charge in [0, 0.05) is 5.56 Å². The third-order valence-electron chi connectivity index (χ3n) is 2.16. The van der Waals surface area contributed by atoms with Crippen LogP contribution >= 0.6 is 7.60 Å². The minimum atomic E-state index is -3.01. The Morgan fingerprint density at radius 2 is 1.81 bits per heavy atom. The zero-order chi connectivity index (χ0) is 12.2. The maximum Gasteiger partial charge on any atom is 0.335 e. The van der Waals surface area contributed by atoms with Gasteiger partial charge in [-0.2, -0.15) is 0 Å². The molecule has 0 bridgehead atoms. The van der Waals surface area contributed by atoms with E-state index in [9.17, 15) is 4.57 Å². The second-order valence-corrected chi connectivity index (χ2v) is 5.60. The molecule has 1 aromatic rings. The molecule has 1 rings (SSSR count). The zero-order valence-electron chi connectivity index (χ0n) is 10.3. The Morgan fingerprint density at radius 1 is 1.25 bits per heavy atom. The molecule has 0 aliphatic rings. The minimum Gasteiger partial charge on any atom is -0.466 e. The maximum atomic E-state index is 12.3. The fourth-order valence-corrected chi connectivity index (χ4v) is 3.35. The van der Waals surface area contributed by atoms with E-state index in [1.165, 1.54) is 0 Å². The topological polar surface area (TPSA) is 48.7 Å². The number of rotatable bonds is 6. The third-order valence-corrected chi connectivity index (χ3v) is 4.19. The quantitative estimate of drug-likeness (QED) is 0.718. The van der Waals surface area contributed by atoms with Crippen molar-refractivity contribution >= 4 is 7.60 Å². The van der Waals surface area contributed by atoms with E-state index in [0.29, 0.717) is 13.2 Å². The van der Waals surface area contributed by atoms with Gasteiger partial charge < -0.3 is 13.5 Å². The summed E-state index contributed by atoms with van der Waals surface area (Å²) in [6.07, 6.45) is 0.276. The standard InChI is InChI=1S/C11H19O4P/c1-5-13-16(12,14-6-2)8-11-7-9(3)15-10(11)4/h7H,5-6,8H2,1-4H3. The van der Waals surface area contributed by atoms with Crippen molar-refractivity contribution in [2.24, 2.45) is 0 Å². The summed E-state index contributed by atoms with van der Waals surface area (Å²) in [5.74, 6) is 1.59. The highest BCUT2D eigenvalue weighted by atomic mass is 31.2. The molecule has 0 N–H and O–H groups in total. The molecule has 0 aliphatic heterocycles. The van der Waals surface area contributed by atoms with Crippen molar-refractivity contribution < 1.29 is 18.0 Å². The van der Waals surface area contributed by atoms with Crippen molar-refractivity contribution in [3.8, 4) is 0 Å². The van der Waals surface area contributed by atoms with E-state index >= 15 is 0 Å². The van der Waals surface area contributed by atoms with Gasteiger partial charge in [0.15, 0.2) is 0 Å². The van der Waals surface area contributed by atoms with Crippen molar-refractivity contribution in [1.82, 2.24) is 0 Å². The molecule has 1 aromatic heterocycles. The van der Waals surface area contributed by atoms with E-state index in [2.05, 4.69) is 0 Å². The number of aryl methyl sites for hydroxylation is 2. The first-order chi connectivity index (χ1) is 7.50. The van der Waals surface area contributed by atoms with Gasteiger partial charge in [-0.25, -0.2) is 0 Å². The molecule has 0 saturated carbocycles. The Hall–Kier alpha value is -0.570. The predicted molar refractivity (Wildman–Crippen MR) is 62.7 cm³/mol. The lowest BCUT2D eigenvalue weighted by atomic mass is 10.3. The fourth-order valence-electron chi connectivity index (χ4n) is 1.57. The van der Waals surface area contributed by atoms with Gasteiger partial charge in [0.2, 0.25) is 0 Å². The maximum absolute atomic E-state index is 12.3. The second kappa shape index (κ2) is 5.67. The van der Waals surface area contributed by atoms with Crippen molar-refractivity contribution in [2.45, 2.75) is 33.9 Å². The van der Waals surface area contributed by atoms with Gasteiger partial charge in [0.25, 0.3) is 0 Å². The Morgan fingerprint density at radius 3 is 2.19 bits per heavy atom. The fraction of sp³-hybridized carbons (Fsp3) is 0.636. The molecular formula is C11H19O4P. The first kappa shape index (κ1) is 13.5. The van der Waals surface area contributed by atoms with E-state index in [1.54, 1.807) is 13.8 Å². The molecule has 0 atom stereocenters. The van der Waals surface area contributed by atoms with E-state index in [-0.39, 0.29) is 6.16 Å². The average Bonchev–Trinajstić information content (AvgIpc) is 2.45. The molecule has 5 heteroatoms. The van der Waals surface area contributed by atoms with E-state index in [4.69, 9.17) is 13.5 Å². The normalized spacial score (nSPS) is 12.0. The minimum absolute atomic E-state index is 0.276. The van der Waals surface area contributed by atoms with Crippen LogP contribution in [0.4, 0.5) is 0 Å². The third kappa shape index (κ3) is 3.48. The summed E-state index contributed by atoms with van der Waals surface area (Å²) in [4.78, 5) is 0. The molecule has 0 unspecified atom stereocenters. The van der Waals surface area contributed by atoms with Crippen LogP contribution in [0.15, 0.2) is 10.5 Å². The summed E-state index contributed by atoms with van der Waals surface area (Å²) < 4.78 is 28.1. The summed E-state index contributed by atoms with van der Waals surface area (Å²) in [5.41, 5.74) is 0.891. The average molecular weight is 246 g/mol. The Kier molecular flexibility index (Phi) is 4.78. The molecule has 0 fully saturated rings. The van der Waals surface area contributed by atoms with Gasteiger partial charge in [-0.15, -0.1) is 0 Å². The monoisotopic (exact) mass is 246 g/mol. The highest BCUT2D eigenvalue weighted by Crippen LogP contribution is 2.51. The SMILES string of the molecule is CCOP(=O)(Cc1cc(C)oc1C)OCC. The number of hydrogen-bond donors (Lipinski definition) is 0. The molecule has 1 heterocycles. The lowest BCUT2D eigenvalue weighted by molar-refractivity contribution is 0.219. The van der Waals surface area contributed by atoms with E-state index in [1.807, 2.05) is 19.9 Å². The van der Waals surface area contributed by atoms with Crippen molar-refractivity contribution in [2.75, 3.05) is 13.2 Å². The summed E-state index contributed by atoms with van der Waals surface area (Å²) in [5, 5.41) is 0. The lowest BCUT2D eigenvalue weighted by Crippen LogP contribution is -1.99. The van der Waals surface area contributed by atoms with Crippen molar-refractivity contribution in [3.63, 3.8) is 0 Å². The molecule has 0 aromatic carbocycles. The first-order valence-electron chi connectivity index (χ1n) is 5.44. The molecule has 0 amide bonds. The molecule has 4 nitrogen and oxygen atoms in total. The van der Waals surface area contributed by atoms with Gasteiger partial charge in [-0.3, -0.25) is 4.57 Å². The summed E-state index contributed by atoms with van der Waals surface area (Å²) in [6.45, 7) is 8.09. The molecular weight excluding hydrogens is 227 g/mol. The van der Waals surface area contributed by atoms with Crippen LogP contribution in [0.1, 0.15) is 30.9 Å². The summed E-state index contributed by atoms with van der Waals surface area (Å²) >= 11 is 0. The first-order valence-corrected chi connectivity index (χ1v) is 7.17. The highest BCUT2D eigenvalue weighted by Gasteiger charge is 2.26. The van der Waals surface area contributed by atoms with Crippen LogP contribution in [0.25, 0.3) is 0 Å². The van der Waals surface area contributed by atoms with E-state index < -0.39 is 7.60 Å². The van der Waals surface area contributed by atoms with Crippen molar-refractivity contribution in [3.05, 3.63) is 23.2 Å². The number of hydrogen-bond acceptors (Lipinski definition) is 4. The van der Waals surface area contributed by atoms with Crippen LogP contribution in [0.2, 0.25) is 0 Å². The smallest absolute Gasteiger partial charge is 0.335 e. The van der Waals surface area contributed by atoms with Crippen molar-refractivity contribution in [1.29, 1.82) is 0 Å². The van der Waals surface area contributed by atoms with Crippen LogP contribution in [0.3, 0.4) is 0 Å². The molecule has 16 heavy (non-hydrogen) atoms. The van der Waals surface area contributed by atoms with Gasteiger partial charge in [-0.05, 0) is 33.8 Å². The van der Waals surface area contributed by atoms with Gasteiger partial charge >= 0.3 is 7.60 Å². The van der Waals surface area contributed by atoms with Gasteiger partial charge in [0.1, 0.15) is 11.5 Å². The van der Waals surface area contributed by atoms with Gasteiger partial charge in [0.05, 0.1) is 19.4 Å². The van der Waals surface area contributed by atoms with Crippen LogP contribution in [0.5, 0.6) is 0 Å². The molecule has 0 aliphatic carbocycles. The predicted octanol–water partition coefficient (Wildman–Crippen LogP) is 3.66. The zero-order valence-corrected chi connectivity index (χ0v) is 11.2. The molecule has 0 spiro atoms. The van der Waals surface area contributed by atoms with Crippen LogP contribution < -0.4 is 0 Å². The highest BCUT2D eigenvalue weighted by molar-refractivity contribution is 7.53. The van der Waals surface area contributed by atoms with Crippen LogP contribution in [-0.4, -0.2) is 13.2 Å². The number of furan rings is 1. The Labute approximate surface area is 96.5 Å². The summed E-state index contributed by atoms with van der Waals surface area (Å²) in [6, 6.07) is 1.88.